The Balaban J connectivity index is 0.000000245. The molecule has 0 fully saturated rings. The number of allylic oxidation sites excluding steroid dienone is 2. The zero-order valence-corrected chi connectivity index (χ0v) is 9.24. The second-order valence-corrected chi connectivity index (χ2v) is 3.67. The first-order valence-electron chi connectivity index (χ1n) is 4.96. The number of benzene rings is 1. The Morgan fingerprint density at radius 2 is 1.80 bits per heavy atom. The van der Waals surface area contributed by atoms with E-state index < -0.39 is 0 Å². The Hall–Kier alpha value is -1.54. The minimum absolute atomic E-state index is 0.874. The fraction of sp³-hybridized carbons (Fsp3) is 0.231. The minimum atomic E-state index is 0.874. The van der Waals surface area contributed by atoms with Gasteiger partial charge in [-0.1, -0.05) is 31.4 Å². The van der Waals surface area contributed by atoms with Gasteiger partial charge in [0.15, 0.2) is 0 Å². The molecular formula is C13H18N2. The highest BCUT2D eigenvalue weighted by molar-refractivity contribution is 5.45. The van der Waals surface area contributed by atoms with Gasteiger partial charge in [0.2, 0.25) is 0 Å². The van der Waals surface area contributed by atoms with Crippen LogP contribution in [0.3, 0.4) is 0 Å². The van der Waals surface area contributed by atoms with Crippen LogP contribution in [-0.2, 0) is 13.1 Å². The number of hydrogen-bond acceptors (Lipinski definition) is 2. The van der Waals surface area contributed by atoms with E-state index in [0.717, 1.165) is 18.8 Å². The summed E-state index contributed by atoms with van der Waals surface area (Å²) in [5, 5.41) is 0. The van der Waals surface area contributed by atoms with Crippen LogP contribution < -0.4 is 5.73 Å². The second kappa shape index (κ2) is 5.37. The first-order chi connectivity index (χ1) is 7.17. The maximum atomic E-state index is 5.66. The lowest BCUT2D eigenvalue weighted by molar-refractivity contribution is 0.353. The number of rotatable bonds is 1. The van der Waals surface area contributed by atoms with Crippen molar-refractivity contribution in [3.05, 3.63) is 54.6 Å². The molecule has 80 valence electrons. The van der Waals surface area contributed by atoms with E-state index in [0.29, 0.717) is 0 Å². The fourth-order valence-corrected chi connectivity index (χ4v) is 1.58. The average Bonchev–Trinajstić information content (AvgIpc) is 2.58. The largest absolute Gasteiger partial charge is 0.399 e. The molecule has 15 heavy (non-hydrogen) atoms. The number of nitrogens with zero attached hydrogens (tertiary/aromatic N) is 1. The lowest BCUT2D eigenvalue weighted by Crippen LogP contribution is -2.07. The number of nitrogens with two attached hydrogens (primary N) is 1. The van der Waals surface area contributed by atoms with E-state index in [1.54, 1.807) is 12.2 Å². The van der Waals surface area contributed by atoms with Gasteiger partial charge in [-0.15, -0.1) is 0 Å². The van der Waals surface area contributed by atoms with E-state index in [1.807, 2.05) is 6.07 Å². The molecule has 1 aliphatic rings. The van der Waals surface area contributed by atoms with Crippen LogP contribution in [0.5, 0.6) is 0 Å². The van der Waals surface area contributed by atoms with Crippen LogP contribution in [0.2, 0.25) is 0 Å². The molecule has 0 aromatic heterocycles. The third kappa shape index (κ3) is 3.26. The van der Waals surface area contributed by atoms with Crippen LogP contribution >= 0.6 is 0 Å². The van der Waals surface area contributed by atoms with Gasteiger partial charge < -0.3 is 5.73 Å². The quantitative estimate of drug-likeness (QED) is 0.560. The standard InChI is InChI=1S/C9H12N2.C4H6/c1-11-5-7-2-3-9(10)4-8(7)6-11;1-3-4-2/h2-4H,5-6,10H2,1H3;3-4H,1-2H2. The maximum Gasteiger partial charge on any atom is 0.0317 e. The Morgan fingerprint density at radius 1 is 1.20 bits per heavy atom. The lowest BCUT2D eigenvalue weighted by atomic mass is 10.1. The van der Waals surface area contributed by atoms with E-state index in [2.05, 4.69) is 37.2 Å². The van der Waals surface area contributed by atoms with Gasteiger partial charge in [0.25, 0.3) is 0 Å². The zero-order valence-electron chi connectivity index (χ0n) is 9.24. The highest BCUT2D eigenvalue weighted by atomic mass is 15.1. The van der Waals surface area contributed by atoms with Gasteiger partial charge in [-0.05, 0) is 30.3 Å². The van der Waals surface area contributed by atoms with Gasteiger partial charge >= 0.3 is 0 Å². The normalized spacial score (nSPS) is 13.7. The predicted octanol–water partition coefficient (Wildman–Crippen LogP) is 2.57. The molecule has 0 atom stereocenters. The molecule has 2 nitrogen and oxygen atoms in total. The summed E-state index contributed by atoms with van der Waals surface area (Å²) in [4.78, 5) is 2.28. The summed E-state index contributed by atoms with van der Waals surface area (Å²) in [6.07, 6.45) is 3.28. The van der Waals surface area contributed by atoms with Crippen molar-refractivity contribution in [2.24, 2.45) is 0 Å². The smallest absolute Gasteiger partial charge is 0.0317 e. The molecule has 0 amide bonds. The molecule has 2 heteroatoms. The third-order valence-corrected chi connectivity index (χ3v) is 2.28. The van der Waals surface area contributed by atoms with E-state index in [4.69, 9.17) is 5.73 Å². The minimum Gasteiger partial charge on any atom is -0.399 e. The molecule has 1 aliphatic heterocycles. The maximum absolute atomic E-state index is 5.66. The molecule has 1 heterocycles. The SMILES string of the molecule is C=CC=C.CN1Cc2ccc(N)cc2C1. The Morgan fingerprint density at radius 3 is 2.40 bits per heavy atom. The monoisotopic (exact) mass is 202 g/mol. The van der Waals surface area contributed by atoms with Crippen LogP contribution in [0.4, 0.5) is 5.69 Å². The number of hydrogen-bond donors (Lipinski definition) is 1. The van der Waals surface area contributed by atoms with Gasteiger partial charge in [-0.3, -0.25) is 4.90 Å². The Labute approximate surface area is 91.7 Å². The predicted molar refractivity (Wildman–Crippen MR) is 66.4 cm³/mol. The molecule has 2 N–H and O–H groups in total. The van der Waals surface area contributed by atoms with Crippen LogP contribution in [0.25, 0.3) is 0 Å². The van der Waals surface area contributed by atoms with Gasteiger partial charge in [0, 0.05) is 18.8 Å². The summed E-state index contributed by atoms with van der Waals surface area (Å²) in [5.74, 6) is 0. The summed E-state index contributed by atoms with van der Waals surface area (Å²) in [6.45, 7) is 8.83. The van der Waals surface area contributed by atoms with Crippen LogP contribution in [0.15, 0.2) is 43.5 Å². The van der Waals surface area contributed by atoms with Crippen molar-refractivity contribution >= 4 is 5.69 Å². The highest BCUT2D eigenvalue weighted by Gasteiger charge is 2.14. The summed E-state index contributed by atoms with van der Waals surface area (Å²) in [6, 6.07) is 6.16. The summed E-state index contributed by atoms with van der Waals surface area (Å²) < 4.78 is 0. The van der Waals surface area contributed by atoms with Crippen molar-refractivity contribution in [3.8, 4) is 0 Å². The first-order valence-corrected chi connectivity index (χ1v) is 4.96. The first kappa shape index (κ1) is 11.5. The number of anilines is 1. The van der Waals surface area contributed by atoms with Gasteiger partial charge in [0.1, 0.15) is 0 Å². The lowest BCUT2D eigenvalue weighted by Gasteiger charge is -2.02. The van der Waals surface area contributed by atoms with Crippen molar-refractivity contribution in [3.63, 3.8) is 0 Å². The van der Waals surface area contributed by atoms with E-state index >= 15 is 0 Å². The Kier molecular flexibility index (Phi) is 4.13. The Bertz CT molecular complexity index is 350. The topological polar surface area (TPSA) is 29.3 Å². The molecule has 1 aromatic carbocycles. The van der Waals surface area contributed by atoms with Gasteiger partial charge in [-0.25, -0.2) is 0 Å². The molecule has 0 bridgehead atoms. The van der Waals surface area contributed by atoms with Crippen LogP contribution in [0.1, 0.15) is 11.1 Å². The second-order valence-electron chi connectivity index (χ2n) is 3.67. The van der Waals surface area contributed by atoms with Crippen molar-refractivity contribution < 1.29 is 0 Å². The summed E-state index contributed by atoms with van der Waals surface area (Å²) in [7, 11) is 2.12. The summed E-state index contributed by atoms with van der Waals surface area (Å²) in [5.41, 5.74) is 9.33. The zero-order chi connectivity index (χ0) is 11.3. The summed E-state index contributed by atoms with van der Waals surface area (Å²) >= 11 is 0. The van der Waals surface area contributed by atoms with Gasteiger partial charge in [-0.2, -0.15) is 0 Å². The molecule has 0 radical (unpaired) electrons. The number of nitrogen functional groups attached to an aromatic ring is 1. The van der Waals surface area contributed by atoms with Crippen LogP contribution in [-0.4, -0.2) is 11.9 Å². The molecule has 0 saturated carbocycles. The molecule has 0 aliphatic carbocycles. The van der Waals surface area contributed by atoms with Crippen molar-refractivity contribution in [2.75, 3.05) is 12.8 Å². The van der Waals surface area contributed by atoms with E-state index in [1.165, 1.54) is 11.1 Å². The molecule has 1 aromatic rings. The van der Waals surface area contributed by atoms with Gasteiger partial charge in [0.05, 0.1) is 0 Å². The third-order valence-electron chi connectivity index (χ3n) is 2.28. The van der Waals surface area contributed by atoms with Crippen molar-refractivity contribution in [2.45, 2.75) is 13.1 Å². The number of fused-ring (bicyclic) bond motifs is 1. The van der Waals surface area contributed by atoms with Crippen molar-refractivity contribution in [1.82, 2.24) is 4.90 Å². The molecule has 0 saturated heterocycles. The molecule has 2 rings (SSSR count). The molecular weight excluding hydrogens is 184 g/mol. The van der Waals surface area contributed by atoms with E-state index in [9.17, 15) is 0 Å². The molecule has 0 unspecified atom stereocenters. The van der Waals surface area contributed by atoms with Crippen molar-refractivity contribution in [1.29, 1.82) is 0 Å². The molecule has 0 spiro atoms. The fourth-order valence-electron chi connectivity index (χ4n) is 1.58. The van der Waals surface area contributed by atoms with Crippen LogP contribution in [0, 0.1) is 0 Å². The van der Waals surface area contributed by atoms with E-state index in [-0.39, 0.29) is 0 Å². The highest BCUT2D eigenvalue weighted by Crippen LogP contribution is 2.22. The average molecular weight is 202 g/mol.